The first-order valence-corrected chi connectivity index (χ1v) is 7.82. The first kappa shape index (κ1) is 20.3. The SMILES string of the molecule is Cc1cc(C)[n+](-c2cccc(C(F)(F)F)c2)c(C)c1.[O-][Cl+3]([O-])([O-])[O-]. The molecule has 0 saturated heterocycles. The Morgan fingerprint density at radius 1 is 0.875 bits per heavy atom. The van der Waals surface area contributed by atoms with E-state index in [1.807, 2.05) is 37.5 Å². The van der Waals surface area contributed by atoms with Gasteiger partial charge < -0.3 is 0 Å². The van der Waals surface area contributed by atoms with Crippen LogP contribution in [0.25, 0.3) is 5.69 Å². The third-order valence-corrected chi connectivity index (χ3v) is 3.01. The van der Waals surface area contributed by atoms with E-state index in [1.165, 1.54) is 12.1 Å². The minimum absolute atomic E-state index is 0.532. The quantitative estimate of drug-likeness (QED) is 0.615. The standard InChI is InChI=1S/C15H15F3N.ClHO4/c1-10-7-11(2)19(12(3)8-10)14-6-4-5-13(9-14)15(16,17)18;2-1(3,4)5/h4-9H,1-3H3;(H,2,3,4,5)/q+1;/p-1. The van der Waals surface area contributed by atoms with Crippen LogP contribution in [0.2, 0.25) is 0 Å². The highest BCUT2D eigenvalue weighted by Crippen LogP contribution is 2.29. The van der Waals surface area contributed by atoms with Gasteiger partial charge in [0.05, 0.1) is 5.56 Å². The van der Waals surface area contributed by atoms with Gasteiger partial charge >= 0.3 is 6.18 Å². The van der Waals surface area contributed by atoms with Crippen LogP contribution in [-0.4, -0.2) is 0 Å². The second kappa shape index (κ2) is 7.45. The number of alkyl halides is 3. The third kappa shape index (κ3) is 6.42. The average molecular weight is 366 g/mol. The van der Waals surface area contributed by atoms with Gasteiger partial charge in [-0.25, -0.2) is 18.6 Å². The molecule has 0 unspecified atom stereocenters. The molecule has 24 heavy (non-hydrogen) atoms. The smallest absolute Gasteiger partial charge is 0.222 e. The first-order chi connectivity index (χ1) is 10.8. The van der Waals surface area contributed by atoms with Crippen molar-refractivity contribution in [2.75, 3.05) is 0 Å². The maximum absolute atomic E-state index is 12.7. The Hall–Kier alpha value is -1.71. The molecule has 0 radical (unpaired) electrons. The van der Waals surface area contributed by atoms with Crippen LogP contribution in [0.1, 0.15) is 22.5 Å². The molecule has 5 nitrogen and oxygen atoms in total. The Bertz CT molecular complexity index is 686. The van der Waals surface area contributed by atoms with Crippen molar-refractivity contribution in [3.05, 3.63) is 58.9 Å². The number of rotatable bonds is 1. The number of aromatic nitrogens is 1. The highest BCUT2D eigenvalue weighted by atomic mass is 35.7. The topological polar surface area (TPSA) is 96.1 Å². The molecule has 0 fully saturated rings. The van der Waals surface area contributed by atoms with Crippen molar-refractivity contribution in [3.63, 3.8) is 0 Å². The number of hydrogen-bond acceptors (Lipinski definition) is 4. The molecule has 0 bridgehead atoms. The summed E-state index contributed by atoms with van der Waals surface area (Å²) in [6.45, 7) is 5.75. The lowest BCUT2D eigenvalue weighted by atomic mass is 10.1. The number of nitrogens with zero attached hydrogens (tertiary/aromatic N) is 1. The van der Waals surface area contributed by atoms with E-state index in [2.05, 4.69) is 0 Å². The van der Waals surface area contributed by atoms with E-state index < -0.39 is 22.0 Å². The lowest BCUT2D eigenvalue weighted by Crippen LogP contribution is -2.68. The molecule has 0 spiro atoms. The van der Waals surface area contributed by atoms with Crippen LogP contribution in [0.15, 0.2) is 36.4 Å². The van der Waals surface area contributed by atoms with Crippen LogP contribution in [0.5, 0.6) is 0 Å². The van der Waals surface area contributed by atoms with Gasteiger partial charge in [0.25, 0.3) is 0 Å². The minimum Gasteiger partial charge on any atom is -0.222 e. The fourth-order valence-electron chi connectivity index (χ4n) is 2.34. The van der Waals surface area contributed by atoms with Crippen molar-refractivity contribution in [1.29, 1.82) is 0 Å². The lowest BCUT2D eigenvalue weighted by molar-refractivity contribution is -2.00. The molecule has 0 amide bonds. The molecule has 0 saturated carbocycles. The van der Waals surface area contributed by atoms with Gasteiger partial charge in [-0.05, 0) is 18.6 Å². The molecule has 132 valence electrons. The van der Waals surface area contributed by atoms with Crippen LogP contribution < -0.4 is 23.2 Å². The predicted octanol–water partition coefficient (Wildman–Crippen LogP) is -0.849. The normalized spacial score (nSPS) is 11.8. The highest BCUT2D eigenvalue weighted by Gasteiger charge is 2.31. The van der Waals surface area contributed by atoms with Crippen LogP contribution in [0.4, 0.5) is 13.2 Å². The summed E-state index contributed by atoms with van der Waals surface area (Å²) < 4.78 is 74.0. The Morgan fingerprint density at radius 3 is 1.75 bits per heavy atom. The van der Waals surface area contributed by atoms with E-state index in [0.29, 0.717) is 5.69 Å². The molecule has 1 aromatic heterocycles. The van der Waals surface area contributed by atoms with Crippen LogP contribution in [-0.2, 0) is 6.18 Å². The van der Waals surface area contributed by atoms with Crippen molar-refractivity contribution < 1.29 is 46.6 Å². The molecular weight excluding hydrogens is 351 g/mol. The fourth-order valence-corrected chi connectivity index (χ4v) is 2.34. The summed E-state index contributed by atoms with van der Waals surface area (Å²) in [5.74, 6) is 0. The largest absolute Gasteiger partial charge is 0.416 e. The Morgan fingerprint density at radius 2 is 1.33 bits per heavy atom. The summed E-state index contributed by atoms with van der Waals surface area (Å²) in [6.07, 6.45) is -4.32. The zero-order valence-corrected chi connectivity index (χ0v) is 13.8. The molecule has 1 heterocycles. The number of aryl methyl sites for hydroxylation is 3. The molecule has 2 aromatic rings. The molecule has 0 aliphatic carbocycles. The molecule has 0 N–H and O–H groups in total. The zero-order chi connectivity index (χ0) is 18.7. The molecule has 0 aliphatic rings. The van der Waals surface area contributed by atoms with E-state index in [4.69, 9.17) is 18.6 Å². The van der Waals surface area contributed by atoms with Gasteiger partial charge in [-0.2, -0.15) is 17.7 Å². The Kier molecular flexibility index (Phi) is 6.32. The van der Waals surface area contributed by atoms with Crippen molar-refractivity contribution in [2.24, 2.45) is 0 Å². The van der Waals surface area contributed by atoms with Crippen molar-refractivity contribution in [1.82, 2.24) is 0 Å². The van der Waals surface area contributed by atoms with Gasteiger partial charge in [0.15, 0.2) is 11.4 Å². The van der Waals surface area contributed by atoms with E-state index in [1.54, 1.807) is 6.07 Å². The lowest BCUT2D eigenvalue weighted by Gasteiger charge is -2.17. The van der Waals surface area contributed by atoms with Gasteiger partial charge in [-0.15, -0.1) is 10.2 Å². The van der Waals surface area contributed by atoms with Gasteiger partial charge in [-0.3, -0.25) is 0 Å². The molecule has 0 atom stereocenters. The molecule has 9 heteroatoms. The summed E-state index contributed by atoms with van der Waals surface area (Å²) in [6, 6.07) is 9.28. The second-order valence-corrected chi connectivity index (χ2v) is 5.83. The molecule has 1 aromatic carbocycles. The predicted molar refractivity (Wildman–Crippen MR) is 67.2 cm³/mol. The molecule has 2 rings (SSSR count). The Labute approximate surface area is 139 Å². The summed E-state index contributed by atoms with van der Waals surface area (Å²) in [7, 11) is -4.94. The van der Waals surface area contributed by atoms with Crippen LogP contribution >= 0.6 is 0 Å². The van der Waals surface area contributed by atoms with Gasteiger partial charge in [-0.1, -0.05) is 6.07 Å². The minimum atomic E-state index is -4.94. The second-order valence-electron chi connectivity index (χ2n) is 5.08. The number of hydrogen-bond donors (Lipinski definition) is 0. The van der Waals surface area contributed by atoms with Crippen LogP contribution in [0, 0.1) is 31.0 Å². The zero-order valence-electron chi connectivity index (χ0n) is 13.1. The monoisotopic (exact) mass is 365 g/mol. The van der Waals surface area contributed by atoms with Crippen molar-refractivity contribution in [3.8, 4) is 5.69 Å². The van der Waals surface area contributed by atoms with Crippen LogP contribution in [0.3, 0.4) is 0 Å². The maximum atomic E-state index is 12.7. The van der Waals surface area contributed by atoms with E-state index in [0.717, 1.165) is 23.0 Å². The highest BCUT2D eigenvalue weighted by molar-refractivity contribution is 5.31. The van der Waals surface area contributed by atoms with Gasteiger partial charge in [0.2, 0.25) is 5.69 Å². The van der Waals surface area contributed by atoms with E-state index in [-0.39, 0.29) is 0 Å². The van der Waals surface area contributed by atoms with Crippen molar-refractivity contribution >= 4 is 0 Å². The average Bonchev–Trinajstić information content (AvgIpc) is 2.34. The summed E-state index contributed by atoms with van der Waals surface area (Å²) in [5.41, 5.74) is 2.83. The summed E-state index contributed by atoms with van der Waals surface area (Å²) >= 11 is 0. The van der Waals surface area contributed by atoms with Crippen molar-refractivity contribution in [2.45, 2.75) is 26.9 Å². The number of halogens is 4. The Balaban J connectivity index is 0.000000505. The van der Waals surface area contributed by atoms with Gasteiger partial charge in [0.1, 0.15) is 0 Å². The first-order valence-electron chi connectivity index (χ1n) is 6.58. The van der Waals surface area contributed by atoms with Gasteiger partial charge in [0, 0.05) is 38.1 Å². The molecular formula is C15H15ClF3NO4. The number of benzene rings is 1. The molecule has 0 aliphatic heterocycles. The summed E-state index contributed by atoms with van der Waals surface area (Å²) in [4.78, 5) is 0. The maximum Gasteiger partial charge on any atom is 0.416 e. The fraction of sp³-hybridized carbons (Fsp3) is 0.267. The van der Waals surface area contributed by atoms with E-state index in [9.17, 15) is 13.2 Å². The third-order valence-electron chi connectivity index (χ3n) is 3.01. The number of pyridine rings is 1. The van der Waals surface area contributed by atoms with E-state index >= 15 is 0 Å². The summed E-state index contributed by atoms with van der Waals surface area (Å²) in [5, 5.41) is 0.